The molecule has 0 radical (unpaired) electrons. The van der Waals surface area contributed by atoms with E-state index in [2.05, 4.69) is 6.92 Å². The van der Waals surface area contributed by atoms with Gasteiger partial charge in [-0.2, -0.15) is 4.39 Å². The molecule has 0 bridgehead atoms. The van der Waals surface area contributed by atoms with Crippen LogP contribution >= 0.6 is 0 Å². The fourth-order valence-corrected chi connectivity index (χ4v) is 4.57. The number of rotatable bonds is 5. The van der Waals surface area contributed by atoms with Gasteiger partial charge in [0.1, 0.15) is 0 Å². The first kappa shape index (κ1) is 18.4. The fourth-order valence-electron chi connectivity index (χ4n) is 4.57. The van der Waals surface area contributed by atoms with E-state index < -0.39 is 11.6 Å². The molecule has 0 N–H and O–H groups in total. The molecule has 2 nitrogen and oxygen atoms in total. The van der Waals surface area contributed by atoms with Gasteiger partial charge in [-0.05, 0) is 60.4 Å². The number of furan rings is 1. The summed E-state index contributed by atoms with van der Waals surface area (Å²) in [5.41, 5.74) is 1.25. The highest BCUT2D eigenvalue weighted by atomic mass is 19.1. The van der Waals surface area contributed by atoms with E-state index >= 15 is 8.78 Å². The van der Waals surface area contributed by atoms with Gasteiger partial charge in [-0.15, -0.1) is 0 Å². The first-order chi connectivity index (χ1) is 14.2. The van der Waals surface area contributed by atoms with Gasteiger partial charge < -0.3 is 9.15 Å². The minimum absolute atomic E-state index is 0.0620. The van der Waals surface area contributed by atoms with Crippen molar-refractivity contribution < 1.29 is 17.9 Å². The molecule has 1 aliphatic carbocycles. The minimum Gasteiger partial charge on any atom is -0.490 e. The van der Waals surface area contributed by atoms with Gasteiger partial charge >= 0.3 is 0 Å². The van der Waals surface area contributed by atoms with Crippen molar-refractivity contribution in [3.05, 3.63) is 53.6 Å². The predicted molar refractivity (Wildman–Crippen MR) is 113 cm³/mol. The van der Waals surface area contributed by atoms with Crippen LogP contribution in [0.4, 0.5) is 8.78 Å². The number of ether oxygens (including phenoxy) is 1. The van der Waals surface area contributed by atoms with Gasteiger partial charge in [-0.3, -0.25) is 0 Å². The summed E-state index contributed by atoms with van der Waals surface area (Å²) >= 11 is 0. The van der Waals surface area contributed by atoms with E-state index in [9.17, 15) is 0 Å². The van der Waals surface area contributed by atoms with Crippen molar-refractivity contribution in [2.75, 3.05) is 6.61 Å². The molecule has 1 heterocycles. The van der Waals surface area contributed by atoms with E-state index in [0.717, 1.165) is 36.6 Å². The monoisotopic (exact) mass is 394 g/mol. The van der Waals surface area contributed by atoms with Crippen molar-refractivity contribution in [2.24, 2.45) is 5.92 Å². The van der Waals surface area contributed by atoms with Gasteiger partial charge in [-0.1, -0.05) is 38.3 Å². The van der Waals surface area contributed by atoms with E-state index in [-0.39, 0.29) is 16.9 Å². The maximum Gasteiger partial charge on any atom is 0.208 e. The highest BCUT2D eigenvalue weighted by Crippen LogP contribution is 2.38. The molecule has 0 unspecified atom stereocenters. The van der Waals surface area contributed by atoms with E-state index in [4.69, 9.17) is 9.15 Å². The largest absolute Gasteiger partial charge is 0.490 e. The molecule has 0 spiro atoms. The Labute approximate surface area is 168 Å². The Morgan fingerprint density at radius 2 is 1.72 bits per heavy atom. The van der Waals surface area contributed by atoms with Gasteiger partial charge in [-0.25, -0.2) is 4.39 Å². The van der Waals surface area contributed by atoms with Crippen LogP contribution in [0.2, 0.25) is 0 Å². The number of halogens is 2. The average Bonchev–Trinajstić information content (AvgIpc) is 3.37. The van der Waals surface area contributed by atoms with Crippen LogP contribution in [0, 0.1) is 17.6 Å². The van der Waals surface area contributed by atoms with Crippen LogP contribution in [0.15, 0.2) is 40.8 Å². The fraction of sp³-hybridized carbons (Fsp3) is 0.360. The Balaban J connectivity index is 1.60. The van der Waals surface area contributed by atoms with E-state index in [1.807, 2.05) is 24.3 Å². The van der Waals surface area contributed by atoms with Crippen molar-refractivity contribution in [1.82, 2.24) is 0 Å². The van der Waals surface area contributed by atoms with Gasteiger partial charge in [0.15, 0.2) is 22.7 Å². The molecule has 4 heteroatoms. The lowest BCUT2D eigenvalue weighted by Gasteiger charge is -2.11. The third-order valence-corrected chi connectivity index (χ3v) is 6.14. The highest BCUT2D eigenvalue weighted by molar-refractivity contribution is 6.10. The summed E-state index contributed by atoms with van der Waals surface area (Å²) in [6.07, 6.45) is 6.58. The van der Waals surface area contributed by atoms with Gasteiger partial charge in [0.05, 0.1) is 6.61 Å². The van der Waals surface area contributed by atoms with Crippen LogP contribution in [-0.2, 0) is 6.42 Å². The third kappa shape index (κ3) is 3.15. The Hall–Kier alpha value is -2.62. The first-order valence-corrected chi connectivity index (χ1v) is 10.5. The second-order valence-corrected chi connectivity index (χ2v) is 8.19. The Morgan fingerprint density at radius 1 is 0.931 bits per heavy atom. The molecule has 1 fully saturated rings. The number of hydrogen-bond acceptors (Lipinski definition) is 2. The first-order valence-electron chi connectivity index (χ1n) is 10.5. The smallest absolute Gasteiger partial charge is 0.208 e. The average molecular weight is 394 g/mol. The molecular weight excluding hydrogens is 370 g/mol. The molecule has 0 aliphatic heterocycles. The van der Waals surface area contributed by atoms with Gasteiger partial charge in [0.25, 0.3) is 0 Å². The van der Waals surface area contributed by atoms with Crippen molar-refractivity contribution >= 4 is 32.7 Å². The maximum absolute atomic E-state index is 15.3. The van der Waals surface area contributed by atoms with Crippen LogP contribution in [0.3, 0.4) is 0 Å². The maximum atomic E-state index is 15.3. The van der Waals surface area contributed by atoms with Crippen molar-refractivity contribution in [1.29, 1.82) is 0 Å². The zero-order valence-electron chi connectivity index (χ0n) is 16.6. The van der Waals surface area contributed by atoms with Crippen LogP contribution in [0.5, 0.6) is 5.75 Å². The van der Waals surface area contributed by atoms with E-state index in [1.165, 1.54) is 12.8 Å². The topological polar surface area (TPSA) is 22.4 Å². The van der Waals surface area contributed by atoms with Gasteiger partial charge in [0.2, 0.25) is 5.82 Å². The zero-order valence-corrected chi connectivity index (χ0v) is 16.6. The normalized spacial score (nSPS) is 15.1. The van der Waals surface area contributed by atoms with Crippen LogP contribution < -0.4 is 4.74 Å². The van der Waals surface area contributed by atoms with Crippen LogP contribution in [0.25, 0.3) is 32.7 Å². The lowest BCUT2D eigenvalue weighted by atomic mass is 10.0. The molecule has 1 saturated carbocycles. The molecule has 0 saturated heterocycles. The molecule has 4 aromatic rings. The Kier molecular flexibility index (Phi) is 4.65. The van der Waals surface area contributed by atoms with E-state index in [1.54, 1.807) is 12.1 Å². The second-order valence-electron chi connectivity index (χ2n) is 8.19. The SMILES string of the molecule is CCCc1ccc2cc3c(oc4c(F)c(OCC5CCCC5)ccc43)c(F)c2c1. The summed E-state index contributed by atoms with van der Waals surface area (Å²) in [7, 11) is 0. The second kappa shape index (κ2) is 7.33. The van der Waals surface area contributed by atoms with Crippen molar-refractivity contribution in [3.63, 3.8) is 0 Å². The summed E-state index contributed by atoms with van der Waals surface area (Å²) in [5, 5.41) is 2.47. The minimum atomic E-state index is -0.549. The van der Waals surface area contributed by atoms with Crippen LogP contribution in [-0.4, -0.2) is 6.61 Å². The molecule has 1 aromatic heterocycles. The molecule has 5 rings (SSSR count). The molecule has 0 atom stereocenters. The van der Waals surface area contributed by atoms with E-state index in [0.29, 0.717) is 28.7 Å². The molecule has 150 valence electrons. The predicted octanol–water partition coefficient (Wildman–Crippen LogP) is 7.54. The van der Waals surface area contributed by atoms with Crippen molar-refractivity contribution in [2.45, 2.75) is 45.4 Å². The number of aryl methyl sites for hydroxylation is 1. The lowest BCUT2D eigenvalue weighted by Crippen LogP contribution is -2.08. The molecule has 0 amide bonds. The summed E-state index contributed by atoms with van der Waals surface area (Å²) in [5.74, 6) is -0.314. The number of benzene rings is 3. The molecule has 29 heavy (non-hydrogen) atoms. The Morgan fingerprint density at radius 3 is 2.52 bits per heavy atom. The summed E-state index contributed by atoms with van der Waals surface area (Å²) < 4.78 is 41.8. The summed E-state index contributed by atoms with van der Waals surface area (Å²) in [4.78, 5) is 0. The quantitative estimate of drug-likeness (QED) is 0.349. The number of fused-ring (bicyclic) bond motifs is 4. The zero-order chi connectivity index (χ0) is 20.0. The molecule has 1 aliphatic rings. The van der Waals surface area contributed by atoms with Gasteiger partial charge in [0, 0.05) is 16.2 Å². The lowest BCUT2D eigenvalue weighted by molar-refractivity contribution is 0.242. The number of hydrogen-bond donors (Lipinski definition) is 0. The summed E-state index contributed by atoms with van der Waals surface area (Å²) in [6, 6.07) is 11.1. The third-order valence-electron chi connectivity index (χ3n) is 6.14. The highest BCUT2D eigenvalue weighted by Gasteiger charge is 2.21. The molecular formula is C25H24F2O2. The molecule has 3 aromatic carbocycles. The van der Waals surface area contributed by atoms with Crippen LogP contribution in [0.1, 0.15) is 44.6 Å². The summed E-state index contributed by atoms with van der Waals surface area (Å²) in [6.45, 7) is 2.61. The standard InChI is InChI=1S/C25H24F2O2/c1-2-5-15-8-9-17-13-20-18-10-11-21(28-14-16-6-3-4-7-16)23(27)24(18)29-25(20)22(26)19(17)12-15/h8-13,16H,2-7,14H2,1H3. The Bertz CT molecular complexity index is 1200. The van der Waals surface area contributed by atoms with Crippen molar-refractivity contribution in [3.8, 4) is 5.75 Å².